The van der Waals surface area contributed by atoms with Gasteiger partial charge in [-0.3, -0.25) is 4.79 Å². The smallest absolute Gasteiger partial charge is 0.241 e. The third kappa shape index (κ3) is 5.36. The van der Waals surface area contributed by atoms with Crippen LogP contribution in [0, 0.1) is 0 Å². The van der Waals surface area contributed by atoms with E-state index in [1.54, 1.807) is 18.2 Å². The highest BCUT2D eigenvalue weighted by Crippen LogP contribution is 2.20. The number of hydrogen-bond donors (Lipinski definition) is 2. The summed E-state index contributed by atoms with van der Waals surface area (Å²) in [5, 5.41) is 3.91. The van der Waals surface area contributed by atoms with E-state index in [-0.39, 0.29) is 11.4 Å². The van der Waals surface area contributed by atoms with Crippen molar-refractivity contribution in [2.45, 2.75) is 11.4 Å². The molecule has 128 valence electrons. The number of carbonyl (C=O) groups is 1. The van der Waals surface area contributed by atoms with Gasteiger partial charge in [0, 0.05) is 21.6 Å². The van der Waals surface area contributed by atoms with Crippen LogP contribution in [0.3, 0.4) is 0 Å². The van der Waals surface area contributed by atoms with E-state index >= 15 is 0 Å². The number of nitrogens with one attached hydrogen (secondary N) is 2. The van der Waals surface area contributed by atoms with Crippen molar-refractivity contribution in [3.63, 3.8) is 0 Å². The molecule has 0 saturated carbocycles. The summed E-state index contributed by atoms with van der Waals surface area (Å²) in [5.41, 5.74) is 0.676. The normalized spacial score (nSPS) is 11.3. The Morgan fingerprint density at radius 3 is 2.21 bits per heavy atom. The van der Waals surface area contributed by atoms with Crippen molar-refractivity contribution in [2.75, 3.05) is 6.54 Å². The van der Waals surface area contributed by atoms with Crippen LogP contribution in [0.1, 0.15) is 5.56 Å². The van der Waals surface area contributed by atoms with Gasteiger partial charge in [0.1, 0.15) is 0 Å². The first-order chi connectivity index (χ1) is 11.3. The summed E-state index contributed by atoms with van der Waals surface area (Å²) in [4.78, 5) is 11.8. The van der Waals surface area contributed by atoms with Crippen LogP contribution in [0.2, 0.25) is 15.1 Å². The summed E-state index contributed by atoms with van der Waals surface area (Å²) in [6, 6.07) is 10.5. The fraction of sp³-hybridized carbons (Fsp3) is 0.133. The monoisotopic (exact) mass is 406 g/mol. The van der Waals surface area contributed by atoms with Gasteiger partial charge in [0.2, 0.25) is 15.9 Å². The number of benzene rings is 2. The zero-order valence-electron chi connectivity index (χ0n) is 12.2. The van der Waals surface area contributed by atoms with Crippen LogP contribution in [0.4, 0.5) is 0 Å². The van der Waals surface area contributed by atoms with Crippen molar-refractivity contribution >= 4 is 50.7 Å². The Morgan fingerprint density at radius 2 is 1.58 bits per heavy atom. The zero-order valence-corrected chi connectivity index (χ0v) is 15.3. The highest BCUT2D eigenvalue weighted by molar-refractivity contribution is 7.89. The fourth-order valence-electron chi connectivity index (χ4n) is 1.78. The Bertz CT molecular complexity index is 840. The van der Waals surface area contributed by atoms with Crippen LogP contribution in [-0.4, -0.2) is 20.9 Å². The van der Waals surface area contributed by atoms with Crippen LogP contribution in [0.5, 0.6) is 0 Å². The summed E-state index contributed by atoms with van der Waals surface area (Å²) in [5.74, 6) is -0.487. The molecule has 0 aromatic heterocycles. The minimum atomic E-state index is -3.78. The molecule has 2 N–H and O–H groups in total. The van der Waals surface area contributed by atoms with Gasteiger partial charge in [-0.15, -0.1) is 0 Å². The summed E-state index contributed by atoms with van der Waals surface area (Å²) in [6.07, 6.45) is 0. The Balaban J connectivity index is 1.89. The fourth-order valence-corrected chi connectivity index (χ4v) is 3.36. The highest BCUT2D eigenvalue weighted by Gasteiger charge is 2.15. The van der Waals surface area contributed by atoms with Crippen LogP contribution >= 0.6 is 34.8 Å². The van der Waals surface area contributed by atoms with E-state index in [0.29, 0.717) is 20.6 Å². The molecule has 0 bridgehead atoms. The van der Waals surface area contributed by atoms with Gasteiger partial charge < -0.3 is 5.32 Å². The van der Waals surface area contributed by atoms with Gasteiger partial charge in [-0.05, 0) is 42.0 Å². The van der Waals surface area contributed by atoms with Crippen LogP contribution in [0.15, 0.2) is 47.4 Å². The summed E-state index contributed by atoms with van der Waals surface area (Å²) in [7, 11) is -3.78. The lowest BCUT2D eigenvalue weighted by Gasteiger charge is -2.09. The molecular formula is C15H13Cl3N2O3S. The number of halogens is 3. The molecule has 0 aliphatic rings. The Morgan fingerprint density at radius 1 is 0.958 bits per heavy atom. The minimum Gasteiger partial charge on any atom is -0.351 e. The van der Waals surface area contributed by atoms with E-state index in [1.807, 2.05) is 0 Å². The third-order valence-corrected chi connectivity index (χ3v) is 5.29. The lowest BCUT2D eigenvalue weighted by Crippen LogP contribution is -2.36. The largest absolute Gasteiger partial charge is 0.351 e. The Kier molecular flexibility index (Phi) is 6.48. The molecular weight excluding hydrogens is 395 g/mol. The SMILES string of the molecule is O=C(CNS(=O)(=O)c1ccc(Cl)cc1)NCc1ccc(Cl)cc1Cl. The number of hydrogen-bond acceptors (Lipinski definition) is 3. The number of amides is 1. The maximum Gasteiger partial charge on any atom is 0.241 e. The third-order valence-electron chi connectivity index (χ3n) is 3.04. The molecule has 2 rings (SSSR count). The molecule has 2 aromatic rings. The first-order valence-electron chi connectivity index (χ1n) is 6.74. The lowest BCUT2D eigenvalue weighted by molar-refractivity contribution is -0.120. The lowest BCUT2D eigenvalue weighted by atomic mass is 10.2. The second-order valence-corrected chi connectivity index (χ2v) is 7.84. The second kappa shape index (κ2) is 8.18. The van der Waals surface area contributed by atoms with Crippen molar-refractivity contribution in [3.8, 4) is 0 Å². The molecule has 0 atom stereocenters. The molecule has 24 heavy (non-hydrogen) atoms. The molecule has 0 aliphatic heterocycles. The van der Waals surface area contributed by atoms with E-state index in [4.69, 9.17) is 34.8 Å². The maximum absolute atomic E-state index is 12.0. The molecule has 0 saturated heterocycles. The maximum atomic E-state index is 12.0. The van der Waals surface area contributed by atoms with Gasteiger partial charge in [0.25, 0.3) is 0 Å². The molecule has 5 nitrogen and oxygen atoms in total. The molecule has 1 amide bonds. The van der Waals surface area contributed by atoms with E-state index in [9.17, 15) is 13.2 Å². The van der Waals surface area contributed by atoms with Gasteiger partial charge >= 0.3 is 0 Å². The van der Waals surface area contributed by atoms with E-state index in [2.05, 4.69) is 10.0 Å². The average molecular weight is 408 g/mol. The number of carbonyl (C=O) groups excluding carboxylic acids is 1. The van der Waals surface area contributed by atoms with E-state index in [0.717, 1.165) is 0 Å². The predicted octanol–water partition coefficient (Wildman–Crippen LogP) is 3.24. The van der Waals surface area contributed by atoms with Gasteiger partial charge in [-0.1, -0.05) is 40.9 Å². The van der Waals surface area contributed by atoms with E-state index in [1.165, 1.54) is 24.3 Å². The van der Waals surface area contributed by atoms with Crippen molar-refractivity contribution in [2.24, 2.45) is 0 Å². The molecule has 0 spiro atoms. The molecule has 0 unspecified atom stereocenters. The topological polar surface area (TPSA) is 75.3 Å². The second-order valence-electron chi connectivity index (χ2n) is 4.79. The van der Waals surface area contributed by atoms with Gasteiger partial charge in [0.15, 0.2) is 0 Å². The predicted molar refractivity (Wildman–Crippen MR) is 94.9 cm³/mol. The summed E-state index contributed by atoms with van der Waals surface area (Å²) < 4.78 is 26.3. The molecule has 9 heteroatoms. The summed E-state index contributed by atoms with van der Waals surface area (Å²) >= 11 is 17.5. The van der Waals surface area contributed by atoms with Gasteiger partial charge in [-0.25, -0.2) is 13.1 Å². The molecule has 0 heterocycles. The Hall–Kier alpha value is -1.31. The molecule has 2 aromatic carbocycles. The van der Waals surface area contributed by atoms with Crippen LogP contribution in [-0.2, 0) is 21.4 Å². The van der Waals surface area contributed by atoms with Crippen LogP contribution in [0.25, 0.3) is 0 Å². The molecule has 0 radical (unpaired) electrons. The quantitative estimate of drug-likeness (QED) is 0.772. The van der Waals surface area contributed by atoms with Gasteiger partial charge in [0.05, 0.1) is 11.4 Å². The van der Waals surface area contributed by atoms with Crippen LogP contribution < -0.4 is 10.0 Å². The highest BCUT2D eigenvalue weighted by atomic mass is 35.5. The van der Waals surface area contributed by atoms with E-state index < -0.39 is 22.5 Å². The first kappa shape index (κ1) is 19.0. The number of sulfonamides is 1. The van der Waals surface area contributed by atoms with Gasteiger partial charge in [-0.2, -0.15) is 0 Å². The Labute approximate surface area is 155 Å². The van der Waals surface area contributed by atoms with Crippen molar-refractivity contribution in [1.29, 1.82) is 0 Å². The van der Waals surface area contributed by atoms with Crippen molar-refractivity contribution in [3.05, 3.63) is 63.1 Å². The number of rotatable bonds is 6. The summed E-state index contributed by atoms with van der Waals surface area (Å²) in [6.45, 7) is -0.228. The minimum absolute atomic E-state index is 0.0282. The standard InChI is InChI=1S/C15H13Cl3N2O3S/c16-11-3-5-13(6-4-11)24(22,23)20-9-15(21)19-8-10-1-2-12(17)7-14(10)18/h1-7,20H,8-9H2,(H,19,21). The molecule has 0 fully saturated rings. The molecule has 0 aliphatic carbocycles. The van der Waals surface area contributed by atoms with Crippen molar-refractivity contribution < 1.29 is 13.2 Å². The average Bonchev–Trinajstić information content (AvgIpc) is 2.52. The van der Waals surface area contributed by atoms with Crippen molar-refractivity contribution in [1.82, 2.24) is 10.0 Å². The zero-order chi connectivity index (χ0) is 17.7. The first-order valence-corrected chi connectivity index (χ1v) is 9.35.